The van der Waals surface area contributed by atoms with Crippen molar-refractivity contribution in [1.29, 1.82) is 0 Å². The fourth-order valence-electron chi connectivity index (χ4n) is 4.19. The van der Waals surface area contributed by atoms with Crippen molar-refractivity contribution in [3.63, 3.8) is 0 Å². The molecule has 2 nitrogen and oxygen atoms in total. The van der Waals surface area contributed by atoms with Gasteiger partial charge < -0.3 is 9.84 Å². The van der Waals surface area contributed by atoms with E-state index >= 15 is 0 Å². The zero-order valence-electron chi connectivity index (χ0n) is 13.9. The van der Waals surface area contributed by atoms with Crippen molar-refractivity contribution >= 4 is 0 Å². The predicted octanol–water partition coefficient (Wildman–Crippen LogP) is 5.59. The van der Waals surface area contributed by atoms with E-state index in [9.17, 15) is 5.11 Å². The second-order valence-corrected chi connectivity index (χ2v) is 7.10. The van der Waals surface area contributed by atoms with Crippen molar-refractivity contribution in [2.75, 3.05) is 0 Å². The van der Waals surface area contributed by atoms with Gasteiger partial charge in [-0.1, -0.05) is 31.9 Å². The smallest absolute Gasteiger partial charge is 0.127 e. The molecule has 1 heterocycles. The number of aryl methyl sites for hydroxylation is 1. The van der Waals surface area contributed by atoms with Gasteiger partial charge in [-0.15, -0.1) is 0 Å². The molecule has 22 heavy (non-hydrogen) atoms. The Morgan fingerprint density at radius 2 is 2.18 bits per heavy atom. The Labute approximate surface area is 135 Å². The summed E-state index contributed by atoms with van der Waals surface area (Å²) in [6.07, 6.45) is 8.23. The van der Waals surface area contributed by atoms with Crippen LogP contribution in [0.4, 0.5) is 0 Å². The minimum Gasteiger partial charge on any atom is -0.508 e. The average Bonchev–Trinajstić information content (AvgIpc) is 2.46. The largest absolute Gasteiger partial charge is 0.508 e. The Kier molecular flexibility index (Phi) is 4.46. The van der Waals surface area contributed by atoms with Crippen LogP contribution in [-0.2, 0) is 6.42 Å². The number of aromatic hydroxyl groups is 1. The number of phenols is 1. The van der Waals surface area contributed by atoms with E-state index in [0.29, 0.717) is 23.7 Å². The third kappa shape index (κ3) is 2.88. The average molecular weight is 302 g/mol. The summed E-state index contributed by atoms with van der Waals surface area (Å²) in [5, 5.41) is 10.6. The summed E-state index contributed by atoms with van der Waals surface area (Å²) in [6, 6.07) is 4.13. The van der Waals surface area contributed by atoms with Crippen LogP contribution in [0.3, 0.4) is 0 Å². The Morgan fingerprint density at radius 1 is 1.36 bits per heavy atom. The molecule has 0 spiro atoms. The molecule has 2 heteroatoms. The van der Waals surface area contributed by atoms with Crippen molar-refractivity contribution in [3.8, 4) is 11.5 Å². The number of hydrogen-bond acceptors (Lipinski definition) is 2. The Bertz CT molecular complexity index is 567. The molecule has 1 aliphatic carbocycles. The molecule has 2 aliphatic rings. The van der Waals surface area contributed by atoms with Gasteiger partial charge in [0.05, 0.1) is 6.10 Å². The third-order valence-electron chi connectivity index (χ3n) is 5.35. The zero-order chi connectivity index (χ0) is 15.7. The molecule has 2 bridgehead atoms. The number of hydrogen-bond donors (Lipinski definition) is 1. The molecule has 1 aliphatic heterocycles. The lowest BCUT2D eigenvalue weighted by atomic mass is 9.69. The molecule has 1 aromatic carbocycles. The minimum atomic E-state index is 0. The van der Waals surface area contributed by atoms with Crippen molar-refractivity contribution in [3.05, 3.63) is 35.4 Å². The van der Waals surface area contributed by atoms with Crippen LogP contribution < -0.4 is 4.74 Å². The van der Waals surface area contributed by atoms with E-state index in [1.54, 1.807) is 0 Å². The summed E-state index contributed by atoms with van der Waals surface area (Å²) in [5.41, 5.74) is 3.47. The Balaban J connectivity index is 0.00000192. The molecule has 0 aromatic heterocycles. The van der Waals surface area contributed by atoms with E-state index in [1.807, 2.05) is 6.07 Å². The number of fused-ring (bicyclic) bond motifs is 4. The maximum atomic E-state index is 10.6. The first-order valence-corrected chi connectivity index (χ1v) is 8.78. The molecule has 2 unspecified atom stereocenters. The van der Waals surface area contributed by atoms with Gasteiger partial charge in [0.25, 0.3) is 0 Å². The fourth-order valence-corrected chi connectivity index (χ4v) is 4.19. The zero-order valence-corrected chi connectivity index (χ0v) is 13.9. The van der Waals surface area contributed by atoms with Crippen LogP contribution in [0.15, 0.2) is 24.3 Å². The highest BCUT2D eigenvalue weighted by molar-refractivity contribution is 5.52. The van der Waals surface area contributed by atoms with Gasteiger partial charge in [-0.2, -0.15) is 0 Å². The fraction of sp³-hybridized carbons (Fsp3) is 0.600. The second kappa shape index (κ2) is 6.36. The normalized spacial score (nSPS) is 26.2. The van der Waals surface area contributed by atoms with Crippen LogP contribution in [0.2, 0.25) is 0 Å². The summed E-state index contributed by atoms with van der Waals surface area (Å²) in [4.78, 5) is 0. The van der Waals surface area contributed by atoms with Gasteiger partial charge in [0.15, 0.2) is 0 Å². The molecule has 1 aromatic rings. The van der Waals surface area contributed by atoms with Crippen molar-refractivity contribution in [1.82, 2.24) is 0 Å². The van der Waals surface area contributed by atoms with Crippen LogP contribution in [0.5, 0.6) is 11.5 Å². The number of allylic oxidation sites excluding steroid dienone is 1. The SMILES string of the molecule is C=C(C)[C@@H]1CCC2CC1c1c(O)cc(CCCCC)cc1O2.[HH]. The quantitative estimate of drug-likeness (QED) is 0.567. The number of ether oxygens (including phenoxy) is 1. The van der Waals surface area contributed by atoms with Crippen LogP contribution in [0, 0.1) is 5.92 Å². The van der Waals surface area contributed by atoms with Gasteiger partial charge >= 0.3 is 0 Å². The van der Waals surface area contributed by atoms with Gasteiger partial charge in [-0.25, -0.2) is 0 Å². The molecule has 3 rings (SSSR count). The minimum absolute atomic E-state index is 0. The van der Waals surface area contributed by atoms with E-state index in [0.717, 1.165) is 37.0 Å². The number of benzene rings is 1. The van der Waals surface area contributed by atoms with Gasteiger partial charge in [-0.05, 0) is 62.6 Å². The highest BCUT2D eigenvalue weighted by atomic mass is 16.5. The molecule has 122 valence electrons. The van der Waals surface area contributed by atoms with Gasteiger partial charge in [-0.3, -0.25) is 0 Å². The van der Waals surface area contributed by atoms with E-state index in [-0.39, 0.29) is 1.43 Å². The highest BCUT2D eigenvalue weighted by Crippen LogP contribution is 2.52. The van der Waals surface area contributed by atoms with Crippen LogP contribution in [0.1, 0.15) is 70.8 Å². The van der Waals surface area contributed by atoms with Gasteiger partial charge in [0.2, 0.25) is 0 Å². The van der Waals surface area contributed by atoms with Crippen LogP contribution in [0.25, 0.3) is 0 Å². The van der Waals surface area contributed by atoms with E-state index in [4.69, 9.17) is 4.74 Å². The topological polar surface area (TPSA) is 29.5 Å². The van der Waals surface area contributed by atoms with Crippen LogP contribution >= 0.6 is 0 Å². The molecule has 3 atom stereocenters. The summed E-state index contributed by atoms with van der Waals surface area (Å²) in [5.74, 6) is 2.22. The van der Waals surface area contributed by atoms with Crippen molar-refractivity contribution in [2.45, 2.75) is 70.8 Å². The standard InChI is InChI=1S/C20H28O2.H2/c1-4-5-6-7-14-10-18(21)20-17-12-15(22-19(20)11-14)8-9-16(17)13(2)3;/h10-11,15-17,21H,2,4-9,12H2,1,3H3;1H/t15?,16-,17?;/m0./s1. The first-order valence-electron chi connectivity index (χ1n) is 8.78. The molecule has 1 fully saturated rings. The molecule has 0 amide bonds. The van der Waals surface area contributed by atoms with Crippen LogP contribution in [-0.4, -0.2) is 11.2 Å². The van der Waals surface area contributed by atoms with Gasteiger partial charge in [0, 0.05) is 12.9 Å². The highest BCUT2D eigenvalue weighted by Gasteiger charge is 2.40. The number of phenolic OH excluding ortho intramolecular Hbond substituents is 1. The maximum absolute atomic E-state index is 10.6. The molecule has 0 radical (unpaired) electrons. The monoisotopic (exact) mass is 302 g/mol. The van der Waals surface area contributed by atoms with E-state index in [1.165, 1.54) is 30.4 Å². The molecular weight excluding hydrogens is 272 g/mol. The molecule has 1 saturated carbocycles. The Hall–Kier alpha value is -1.44. The number of rotatable bonds is 5. The summed E-state index contributed by atoms with van der Waals surface area (Å²) in [7, 11) is 0. The van der Waals surface area contributed by atoms with E-state index < -0.39 is 0 Å². The number of unbranched alkanes of at least 4 members (excludes halogenated alkanes) is 2. The van der Waals surface area contributed by atoms with Gasteiger partial charge in [0.1, 0.15) is 11.5 Å². The van der Waals surface area contributed by atoms with E-state index in [2.05, 4.69) is 26.5 Å². The summed E-state index contributed by atoms with van der Waals surface area (Å²) < 4.78 is 6.17. The molecular formula is C20H30O2. The lowest BCUT2D eigenvalue weighted by Crippen LogP contribution is -2.35. The molecule has 1 N–H and O–H groups in total. The third-order valence-corrected chi connectivity index (χ3v) is 5.35. The first kappa shape index (κ1) is 15.5. The summed E-state index contributed by atoms with van der Waals surface area (Å²) >= 11 is 0. The first-order chi connectivity index (χ1) is 10.6. The maximum Gasteiger partial charge on any atom is 0.127 e. The van der Waals surface area contributed by atoms with Crippen molar-refractivity contribution < 1.29 is 11.3 Å². The lowest BCUT2D eigenvalue weighted by molar-refractivity contribution is 0.0972. The lowest BCUT2D eigenvalue weighted by Gasteiger charge is -2.42. The summed E-state index contributed by atoms with van der Waals surface area (Å²) in [6.45, 7) is 8.51. The molecule has 0 saturated heterocycles. The predicted molar refractivity (Wildman–Crippen MR) is 92.8 cm³/mol. The Morgan fingerprint density at radius 3 is 2.91 bits per heavy atom. The second-order valence-electron chi connectivity index (χ2n) is 7.10. The van der Waals surface area contributed by atoms with Crippen molar-refractivity contribution in [2.24, 2.45) is 5.92 Å².